The van der Waals surface area contributed by atoms with Gasteiger partial charge in [-0.25, -0.2) is 4.68 Å². The van der Waals surface area contributed by atoms with Gasteiger partial charge in [-0.15, -0.1) is 5.10 Å². The summed E-state index contributed by atoms with van der Waals surface area (Å²) in [7, 11) is 5.16. The zero-order valence-electron chi connectivity index (χ0n) is 13.0. The minimum atomic E-state index is 0.702. The number of nitrogens with one attached hydrogen (secondary N) is 1. The van der Waals surface area contributed by atoms with Crippen molar-refractivity contribution in [3.63, 3.8) is 0 Å². The molecule has 0 unspecified atom stereocenters. The number of methoxy groups -OCH3 is 2. The SMILES string of the molecule is CCCNCc1cc(OC)c(OC)cc1-c1cnnn1C. The van der Waals surface area contributed by atoms with E-state index in [0.29, 0.717) is 5.75 Å². The number of aryl methyl sites for hydroxylation is 1. The molecule has 114 valence electrons. The van der Waals surface area contributed by atoms with E-state index in [1.807, 2.05) is 19.2 Å². The van der Waals surface area contributed by atoms with Crippen LogP contribution in [0.25, 0.3) is 11.3 Å². The van der Waals surface area contributed by atoms with Gasteiger partial charge in [0.2, 0.25) is 0 Å². The highest BCUT2D eigenvalue weighted by Crippen LogP contribution is 2.35. The molecule has 0 amide bonds. The van der Waals surface area contributed by atoms with Crippen molar-refractivity contribution in [2.45, 2.75) is 19.9 Å². The highest BCUT2D eigenvalue weighted by Gasteiger charge is 2.15. The lowest BCUT2D eigenvalue weighted by molar-refractivity contribution is 0.354. The second kappa shape index (κ2) is 7.08. The molecule has 0 saturated heterocycles. The lowest BCUT2D eigenvalue weighted by Crippen LogP contribution is -2.15. The van der Waals surface area contributed by atoms with Crippen LogP contribution in [0.1, 0.15) is 18.9 Å². The predicted molar refractivity (Wildman–Crippen MR) is 81.5 cm³/mol. The van der Waals surface area contributed by atoms with Crippen LogP contribution in [0.2, 0.25) is 0 Å². The van der Waals surface area contributed by atoms with E-state index >= 15 is 0 Å². The molecule has 2 aromatic rings. The van der Waals surface area contributed by atoms with E-state index in [4.69, 9.17) is 9.47 Å². The van der Waals surface area contributed by atoms with E-state index in [9.17, 15) is 0 Å². The summed E-state index contributed by atoms with van der Waals surface area (Å²) in [5, 5.41) is 11.4. The molecule has 0 fully saturated rings. The Morgan fingerprint density at radius 2 is 1.90 bits per heavy atom. The van der Waals surface area contributed by atoms with Crippen LogP contribution in [0.3, 0.4) is 0 Å². The lowest BCUT2D eigenvalue weighted by Gasteiger charge is -2.15. The summed E-state index contributed by atoms with van der Waals surface area (Å²) in [6.45, 7) is 3.87. The Balaban J connectivity index is 2.46. The summed E-state index contributed by atoms with van der Waals surface area (Å²) in [4.78, 5) is 0. The summed E-state index contributed by atoms with van der Waals surface area (Å²) in [6, 6.07) is 3.98. The molecule has 0 radical (unpaired) electrons. The fourth-order valence-electron chi connectivity index (χ4n) is 2.24. The van der Waals surface area contributed by atoms with Gasteiger partial charge in [-0.05, 0) is 30.7 Å². The van der Waals surface area contributed by atoms with Crippen molar-refractivity contribution < 1.29 is 9.47 Å². The first-order chi connectivity index (χ1) is 10.2. The Morgan fingerprint density at radius 3 is 2.48 bits per heavy atom. The smallest absolute Gasteiger partial charge is 0.161 e. The van der Waals surface area contributed by atoms with Crippen molar-refractivity contribution in [2.75, 3.05) is 20.8 Å². The number of hydrogen-bond acceptors (Lipinski definition) is 5. The Bertz CT molecular complexity index is 595. The van der Waals surface area contributed by atoms with E-state index in [1.165, 1.54) is 0 Å². The van der Waals surface area contributed by atoms with Gasteiger partial charge in [-0.2, -0.15) is 0 Å². The van der Waals surface area contributed by atoms with Crippen molar-refractivity contribution in [2.24, 2.45) is 7.05 Å². The first-order valence-electron chi connectivity index (χ1n) is 7.01. The van der Waals surface area contributed by atoms with Crippen LogP contribution in [0, 0.1) is 0 Å². The maximum absolute atomic E-state index is 5.40. The molecular formula is C15H22N4O2. The molecule has 1 N–H and O–H groups in total. The molecule has 0 bridgehead atoms. The number of aromatic nitrogens is 3. The van der Waals surface area contributed by atoms with Gasteiger partial charge in [0.15, 0.2) is 11.5 Å². The topological polar surface area (TPSA) is 61.2 Å². The molecule has 0 aliphatic carbocycles. The summed E-state index contributed by atoms with van der Waals surface area (Å²) in [6.07, 6.45) is 2.85. The summed E-state index contributed by atoms with van der Waals surface area (Å²) in [5.74, 6) is 1.43. The Labute approximate surface area is 125 Å². The second-order valence-corrected chi connectivity index (χ2v) is 4.78. The normalized spacial score (nSPS) is 10.7. The molecular weight excluding hydrogens is 268 g/mol. The molecule has 0 saturated carbocycles. The quantitative estimate of drug-likeness (QED) is 0.790. The van der Waals surface area contributed by atoms with Gasteiger partial charge in [0.05, 0.1) is 26.1 Å². The van der Waals surface area contributed by atoms with E-state index in [-0.39, 0.29) is 0 Å². The first kappa shape index (κ1) is 15.3. The van der Waals surface area contributed by atoms with Crippen molar-refractivity contribution in [3.05, 3.63) is 23.9 Å². The van der Waals surface area contributed by atoms with Gasteiger partial charge in [0.1, 0.15) is 0 Å². The van der Waals surface area contributed by atoms with Crippen LogP contribution in [-0.2, 0) is 13.6 Å². The van der Waals surface area contributed by atoms with Crippen LogP contribution in [0.5, 0.6) is 11.5 Å². The lowest BCUT2D eigenvalue weighted by atomic mass is 10.0. The molecule has 2 rings (SSSR count). The van der Waals surface area contributed by atoms with E-state index in [2.05, 4.69) is 22.6 Å². The van der Waals surface area contributed by atoms with Crippen molar-refractivity contribution >= 4 is 0 Å². The molecule has 1 heterocycles. The molecule has 1 aromatic carbocycles. The Hall–Kier alpha value is -2.08. The highest BCUT2D eigenvalue weighted by atomic mass is 16.5. The average Bonchev–Trinajstić information content (AvgIpc) is 2.93. The minimum absolute atomic E-state index is 0.702. The van der Waals surface area contributed by atoms with Crippen molar-refractivity contribution in [1.29, 1.82) is 0 Å². The van der Waals surface area contributed by atoms with Gasteiger partial charge in [-0.3, -0.25) is 0 Å². The predicted octanol–water partition coefficient (Wildman–Crippen LogP) is 2.00. The molecule has 0 aliphatic rings. The van der Waals surface area contributed by atoms with Gasteiger partial charge in [0, 0.05) is 19.2 Å². The maximum Gasteiger partial charge on any atom is 0.161 e. The largest absolute Gasteiger partial charge is 0.493 e. The van der Waals surface area contributed by atoms with E-state index in [0.717, 1.165) is 42.1 Å². The number of benzene rings is 1. The third kappa shape index (κ3) is 3.33. The highest BCUT2D eigenvalue weighted by molar-refractivity contribution is 5.68. The van der Waals surface area contributed by atoms with Gasteiger partial charge < -0.3 is 14.8 Å². The van der Waals surface area contributed by atoms with Crippen LogP contribution in [0.15, 0.2) is 18.3 Å². The first-order valence-corrected chi connectivity index (χ1v) is 7.01. The van der Waals surface area contributed by atoms with Crippen LogP contribution in [-0.4, -0.2) is 35.8 Å². The molecule has 1 aromatic heterocycles. The van der Waals surface area contributed by atoms with Crippen molar-refractivity contribution in [1.82, 2.24) is 20.3 Å². The number of nitrogens with zero attached hydrogens (tertiary/aromatic N) is 3. The Kier molecular flexibility index (Phi) is 5.16. The second-order valence-electron chi connectivity index (χ2n) is 4.78. The summed E-state index contributed by atoms with van der Waals surface area (Å²) in [5.41, 5.74) is 3.12. The zero-order valence-corrected chi connectivity index (χ0v) is 13.0. The molecule has 0 atom stereocenters. The van der Waals surface area contributed by atoms with Gasteiger partial charge >= 0.3 is 0 Å². The monoisotopic (exact) mass is 290 g/mol. The fourth-order valence-corrected chi connectivity index (χ4v) is 2.24. The average molecular weight is 290 g/mol. The number of ether oxygens (including phenoxy) is 2. The van der Waals surface area contributed by atoms with Crippen LogP contribution >= 0.6 is 0 Å². The molecule has 6 nitrogen and oxygen atoms in total. The standard InChI is InChI=1S/C15H22N4O2/c1-5-6-16-9-11-7-14(20-3)15(21-4)8-12(11)13-10-17-18-19(13)2/h7-8,10,16H,5-6,9H2,1-4H3. The maximum atomic E-state index is 5.40. The fraction of sp³-hybridized carbons (Fsp3) is 0.467. The summed E-state index contributed by atoms with van der Waals surface area (Å²) >= 11 is 0. The Morgan fingerprint density at radius 1 is 1.19 bits per heavy atom. The number of rotatable bonds is 7. The van der Waals surface area contributed by atoms with Gasteiger partial charge in [-0.1, -0.05) is 12.1 Å². The van der Waals surface area contributed by atoms with Crippen LogP contribution in [0.4, 0.5) is 0 Å². The zero-order chi connectivity index (χ0) is 15.2. The third-order valence-corrected chi connectivity index (χ3v) is 3.34. The van der Waals surface area contributed by atoms with Gasteiger partial charge in [0.25, 0.3) is 0 Å². The summed E-state index contributed by atoms with van der Waals surface area (Å²) < 4.78 is 12.5. The van der Waals surface area contributed by atoms with Crippen molar-refractivity contribution in [3.8, 4) is 22.8 Å². The van der Waals surface area contributed by atoms with E-state index < -0.39 is 0 Å². The molecule has 6 heteroatoms. The third-order valence-electron chi connectivity index (χ3n) is 3.34. The molecule has 0 spiro atoms. The van der Waals surface area contributed by atoms with E-state index in [1.54, 1.807) is 25.1 Å². The number of hydrogen-bond donors (Lipinski definition) is 1. The molecule has 21 heavy (non-hydrogen) atoms. The molecule has 0 aliphatic heterocycles. The minimum Gasteiger partial charge on any atom is -0.493 e. The van der Waals surface area contributed by atoms with Crippen LogP contribution < -0.4 is 14.8 Å².